The molecule has 1 saturated heterocycles. The molecule has 0 aromatic heterocycles. The lowest BCUT2D eigenvalue weighted by molar-refractivity contribution is -0.527. The van der Waals surface area contributed by atoms with Gasteiger partial charge in [-0.15, -0.1) is 10.1 Å². The van der Waals surface area contributed by atoms with Crippen LogP contribution < -0.4 is 0 Å². The first kappa shape index (κ1) is 16.6. The molecule has 0 aromatic rings. The minimum atomic E-state index is -0.565. The second kappa shape index (κ2) is 6.31. The van der Waals surface area contributed by atoms with E-state index in [1.807, 2.05) is 18.4 Å². The van der Waals surface area contributed by atoms with Crippen molar-refractivity contribution in [3.63, 3.8) is 0 Å². The second-order valence-electron chi connectivity index (χ2n) is 6.08. The van der Waals surface area contributed by atoms with Crippen molar-refractivity contribution in [1.29, 1.82) is 0 Å². The van der Waals surface area contributed by atoms with E-state index in [9.17, 15) is 9.59 Å². The van der Waals surface area contributed by atoms with Crippen molar-refractivity contribution in [2.24, 2.45) is 10.1 Å². The van der Waals surface area contributed by atoms with Crippen molar-refractivity contribution in [1.82, 2.24) is 14.8 Å². The Morgan fingerprint density at radius 1 is 1.33 bits per heavy atom. The van der Waals surface area contributed by atoms with Crippen LogP contribution in [0.2, 0.25) is 0 Å². The van der Waals surface area contributed by atoms with E-state index in [-0.39, 0.29) is 11.9 Å². The van der Waals surface area contributed by atoms with Crippen molar-refractivity contribution >= 4 is 29.4 Å². The summed E-state index contributed by atoms with van der Waals surface area (Å²) in [5.41, 5.74) is 0.890. The smallest absolute Gasteiger partial charge is 0.381 e. The van der Waals surface area contributed by atoms with Crippen LogP contribution in [-0.4, -0.2) is 95.3 Å². The zero-order chi connectivity index (χ0) is 17.4. The van der Waals surface area contributed by atoms with Crippen molar-refractivity contribution in [2.45, 2.75) is 26.3 Å². The van der Waals surface area contributed by atoms with Crippen LogP contribution in [-0.2, 0) is 9.53 Å². The van der Waals surface area contributed by atoms with Crippen LogP contribution in [0.4, 0.5) is 4.79 Å². The number of methoxy groups -OCH3 is 1. The molecule has 9 nitrogen and oxygen atoms in total. The molecule has 3 aliphatic heterocycles. The molecule has 0 aromatic carbocycles. The van der Waals surface area contributed by atoms with Gasteiger partial charge in [0, 0.05) is 20.7 Å². The second-order valence-corrected chi connectivity index (χ2v) is 6.08. The van der Waals surface area contributed by atoms with Crippen LogP contribution >= 0.6 is 0 Å². The number of imide groups is 1. The molecule has 0 bridgehead atoms. The van der Waals surface area contributed by atoms with Gasteiger partial charge < -0.3 is 4.74 Å². The first-order chi connectivity index (χ1) is 11.5. The van der Waals surface area contributed by atoms with Crippen molar-refractivity contribution in [3.8, 4) is 0 Å². The molecular formula is C15H23N6O3+. The molecular weight excluding hydrogens is 312 g/mol. The minimum absolute atomic E-state index is 0.213. The van der Waals surface area contributed by atoms with E-state index in [2.05, 4.69) is 10.1 Å². The van der Waals surface area contributed by atoms with Gasteiger partial charge in [0.05, 0.1) is 12.3 Å². The molecule has 3 aliphatic rings. The predicted octanol–water partition coefficient (Wildman–Crippen LogP) is -0.222. The van der Waals surface area contributed by atoms with Gasteiger partial charge in [0.2, 0.25) is 11.9 Å². The summed E-state index contributed by atoms with van der Waals surface area (Å²) in [6, 6.07) is -0.886. The number of ether oxygens (including phenoxy) is 1. The number of carbonyl (C=O) groups excluding carboxylic acids is 2. The number of nitrogens with zero attached hydrogens (tertiary/aromatic N) is 6. The molecule has 0 radical (unpaired) electrons. The molecule has 3 heterocycles. The molecule has 9 heteroatoms. The summed E-state index contributed by atoms with van der Waals surface area (Å²) < 4.78 is 7.04. The average molecular weight is 335 g/mol. The van der Waals surface area contributed by atoms with E-state index in [4.69, 9.17) is 4.74 Å². The number of fused-ring (bicyclic) bond motifs is 2. The number of likely N-dealkylation sites (N-methyl/N-ethyl adjacent to an activating group) is 1. The number of amidine groups is 1. The lowest BCUT2D eigenvalue weighted by Crippen LogP contribution is -2.63. The zero-order valence-electron chi connectivity index (χ0n) is 14.5. The quantitative estimate of drug-likeness (QED) is 0.651. The van der Waals surface area contributed by atoms with Crippen LogP contribution in [0.5, 0.6) is 0 Å². The summed E-state index contributed by atoms with van der Waals surface area (Å²) in [4.78, 5) is 32.7. The lowest BCUT2D eigenvalue weighted by Gasteiger charge is -2.34. The fraction of sp³-hybridized carbons (Fsp3) is 0.667. The summed E-state index contributed by atoms with van der Waals surface area (Å²) in [5.74, 6) is 0.860. The topological polar surface area (TPSA) is 80.8 Å². The van der Waals surface area contributed by atoms with Gasteiger partial charge in [-0.25, -0.2) is 9.37 Å². The summed E-state index contributed by atoms with van der Waals surface area (Å²) in [5, 5.41) is 6.24. The zero-order valence-corrected chi connectivity index (χ0v) is 14.5. The van der Waals surface area contributed by atoms with E-state index in [0.29, 0.717) is 38.0 Å². The largest absolute Gasteiger partial charge is 0.416 e. The highest BCUT2D eigenvalue weighted by Crippen LogP contribution is 2.22. The maximum atomic E-state index is 12.9. The Balaban J connectivity index is 1.97. The van der Waals surface area contributed by atoms with Gasteiger partial charge in [-0.2, -0.15) is 0 Å². The van der Waals surface area contributed by atoms with Crippen LogP contribution in [0, 0.1) is 0 Å². The third-order valence-corrected chi connectivity index (χ3v) is 4.26. The lowest BCUT2D eigenvalue weighted by atomic mass is 10.1. The third kappa shape index (κ3) is 2.48. The number of rotatable bonds is 5. The number of carbonyl (C=O) groups is 2. The van der Waals surface area contributed by atoms with Crippen molar-refractivity contribution in [2.75, 3.05) is 40.4 Å². The SMILES string of the molecule is CCCN1C(=O)C2C(=NC3=[N+]2CC(C)=NN3CCOC)N(C)C1=O. The first-order valence-corrected chi connectivity index (χ1v) is 8.11. The number of urea groups is 1. The number of aliphatic imine (C=N–C) groups is 1. The first-order valence-electron chi connectivity index (χ1n) is 8.11. The highest BCUT2D eigenvalue weighted by molar-refractivity contribution is 6.23. The van der Waals surface area contributed by atoms with Gasteiger partial charge >= 0.3 is 12.0 Å². The Bertz CT molecular complexity index is 668. The van der Waals surface area contributed by atoms with Gasteiger partial charge in [0.25, 0.3) is 5.91 Å². The minimum Gasteiger partial charge on any atom is -0.381 e. The van der Waals surface area contributed by atoms with Gasteiger partial charge in [0.15, 0.2) is 0 Å². The molecule has 1 fully saturated rings. The number of hydrazone groups is 1. The monoisotopic (exact) mass is 335 g/mol. The number of amides is 3. The Kier molecular flexibility index (Phi) is 4.35. The average Bonchev–Trinajstić information content (AvgIpc) is 2.94. The molecule has 1 atom stereocenters. The maximum absolute atomic E-state index is 12.9. The van der Waals surface area contributed by atoms with E-state index in [1.54, 1.807) is 19.2 Å². The molecule has 130 valence electrons. The van der Waals surface area contributed by atoms with Gasteiger partial charge in [-0.3, -0.25) is 14.6 Å². The highest BCUT2D eigenvalue weighted by atomic mass is 16.5. The highest BCUT2D eigenvalue weighted by Gasteiger charge is 2.54. The summed E-state index contributed by atoms with van der Waals surface area (Å²) in [6.07, 6.45) is 0.724. The fourth-order valence-corrected chi connectivity index (χ4v) is 3.16. The Morgan fingerprint density at radius 2 is 2.08 bits per heavy atom. The van der Waals surface area contributed by atoms with Gasteiger partial charge in [-0.05, 0) is 13.3 Å². The maximum Gasteiger partial charge on any atom is 0.416 e. The Labute approximate surface area is 140 Å². The van der Waals surface area contributed by atoms with E-state index in [1.165, 1.54) is 9.80 Å². The normalized spacial score (nSPS) is 23.5. The molecule has 0 saturated carbocycles. The van der Waals surface area contributed by atoms with Gasteiger partial charge in [-0.1, -0.05) is 11.9 Å². The van der Waals surface area contributed by atoms with Crippen molar-refractivity contribution < 1.29 is 18.9 Å². The van der Waals surface area contributed by atoms with Crippen LogP contribution in [0.25, 0.3) is 0 Å². The Hall–Kier alpha value is -2.29. The summed E-state index contributed by atoms with van der Waals surface area (Å²) in [7, 11) is 3.29. The van der Waals surface area contributed by atoms with Crippen LogP contribution in [0.15, 0.2) is 10.1 Å². The molecule has 0 aliphatic carbocycles. The molecule has 1 unspecified atom stereocenters. The number of hydrogen-bond donors (Lipinski definition) is 0. The molecule has 0 spiro atoms. The molecule has 0 N–H and O–H groups in total. The number of guanidine groups is 1. The number of hydrogen-bond acceptors (Lipinski definition) is 6. The molecule has 3 amide bonds. The Morgan fingerprint density at radius 3 is 2.75 bits per heavy atom. The summed E-state index contributed by atoms with van der Waals surface area (Å²) in [6.45, 7) is 5.82. The molecule has 3 rings (SSSR count). The third-order valence-electron chi connectivity index (χ3n) is 4.26. The standard InChI is InChI=1S/C15H23N6O3/c1-5-6-19-13(22)11-12(18(3)15(19)23)16-14-20(11)9-10(2)17-21(14)7-8-24-4/h11H,5-9H2,1-4H3/q+1. The van der Waals surface area contributed by atoms with Crippen molar-refractivity contribution in [3.05, 3.63) is 0 Å². The van der Waals surface area contributed by atoms with Crippen LogP contribution in [0.1, 0.15) is 20.3 Å². The van der Waals surface area contributed by atoms with E-state index < -0.39 is 6.04 Å². The van der Waals surface area contributed by atoms with Crippen LogP contribution in [0.3, 0.4) is 0 Å². The van der Waals surface area contributed by atoms with E-state index >= 15 is 0 Å². The fourth-order valence-electron chi connectivity index (χ4n) is 3.16. The molecule has 24 heavy (non-hydrogen) atoms. The predicted molar refractivity (Wildman–Crippen MR) is 88.2 cm³/mol. The van der Waals surface area contributed by atoms with Gasteiger partial charge in [0.1, 0.15) is 13.1 Å². The summed E-state index contributed by atoms with van der Waals surface area (Å²) >= 11 is 0. The van der Waals surface area contributed by atoms with E-state index in [0.717, 1.165) is 12.1 Å².